The van der Waals surface area contributed by atoms with E-state index in [0.29, 0.717) is 6.42 Å². The van der Waals surface area contributed by atoms with Crippen LogP contribution in [-0.2, 0) is 4.74 Å². The molecular formula is C8H16O4. The number of aliphatic hydroxyl groups is 3. The standard InChI is InChI=1S/C8H16O4/c1-3-5-7(10)6(9)4(2)8(11)12-5/h4-11H,3H2,1-2H3/t4?,5?,6-,7-,8-/m1/s1. The fourth-order valence-corrected chi connectivity index (χ4v) is 1.42. The molecule has 3 N–H and O–H groups in total. The molecule has 0 spiro atoms. The van der Waals surface area contributed by atoms with Gasteiger partial charge in [-0.05, 0) is 6.42 Å². The molecule has 0 aliphatic carbocycles. The quantitative estimate of drug-likeness (QED) is 0.502. The van der Waals surface area contributed by atoms with Crippen molar-refractivity contribution in [2.24, 2.45) is 5.92 Å². The van der Waals surface area contributed by atoms with E-state index in [1.165, 1.54) is 0 Å². The predicted molar refractivity (Wildman–Crippen MR) is 42.3 cm³/mol. The van der Waals surface area contributed by atoms with Crippen molar-refractivity contribution < 1.29 is 20.1 Å². The molecule has 12 heavy (non-hydrogen) atoms. The van der Waals surface area contributed by atoms with Gasteiger partial charge in [0.05, 0.1) is 12.2 Å². The first-order valence-corrected chi connectivity index (χ1v) is 4.27. The van der Waals surface area contributed by atoms with Crippen molar-refractivity contribution in [3.8, 4) is 0 Å². The van der Waals surface area contributed by atoms with Crippen LogP contribution in [0.2, 0.25) is 0 Å². The van der Waals surface area contributed by atoms with E-state index in [0.717, 1.165) is 0 Å². The van der Waals surface area contributed by atoms with Gasteiger partial charge < -0.3 is 20.1 Å². The van der Waals surface area contributed by atoms with E-state index >= 15 is 0 Å². The van der Waals surface area contributed by atoms with E-state index < -0.39 is 30.5 Å². The van der Waals surface area contributed by atoms with E-state index in [2.05, 4.69) is 0 Å². The molecule has 1 rings (SSSR count). The third kappa shape index (κ3) is 1.61. The summed E-state index contributed by atoms with van der Waals surface area (Å²) in [5.74, 6) is -0.428. The normalized spacial score (nSPS) is 49.2. The lowest BCUT2D eigenvalue weighted by molar-refractivity contribution is -0.260. The molecule has 1 fully saturated rings. The molecule has 0 aromatic heterocycles. The summed E-state index contributed by atoms with van der Waals surface area (Å²) in [6.45, 7) is 3.48. The van der Waals surface area contributed by atoms with Crippen LogP contribution in [0.5, 0.6) is 0 Å². The second-order valence-electron chi connectivity index (χ2n) is 3.31. The van der Waals surface area contributed by atoms with E-state index in [9.17, 15) is 15.3 Å². The Labute approximate surface area is 71.8 Å². The molecule has 0 radical (unpaired) electrons. The summed E-state index contributed by atoms with van der Waals surface area (Å²) in [6.07, 6.45) is -2.60. The van der Waals surface area contributed by atoms with E-state index in [1.54, 1.807) is 6.92 Å². The van der Waals surface area contributed by atoms with Crippen molar-refractivity contribution in [2.75, 3.05) is 0 Å². The van der Waals surface area contributed by atoms with Crippen molar-refractivity contribution in [1.29, 1.82) is 0 Å². The monoisotopic (exact) mass is 176 g/mol. The smallest absolute Gasteiger partial charge is 0.160 e. The Morgan fingerprint density at radius 1 is 1.17 bits per heavy atom. The van der Waals surface area contributed by atoms with Gasteiger partial charge in [-0.1, -0.05) is 13.8 Å². The maximum Gasteiger partial charge on any atom is 0.160 e. The first kappa shape index (κ1) is 9.92. The molecule has 0 saturated carbocycles. The van der Waals surface area contributed by atoms with Crippen LogP contribution < -0.4 is 0 Å². The number of rotatable bonds is 1. The minimum atomic E-state index is -0.964. The molecule has 1 aliphatic heterocycles. The van der Waals surface area contributed by atoms with Gasteiger partial charge in [0, 0.05) is 5.92 Å². The average molecular weight is 176 g/mol. The molecule has 0 aromatic rings. The van der Waals surface area contributed by atoms with Crippen LogP contribution in [0.3, 0.4) is 0 Å². The van der Waals surface area contributed by atoms with Gasteiger partial charge in [0.25, 0.3) is 0 Å². The largest absolute Gasteiger partial charge is 0.390 e. The molecule has 0 aromatic carbocycles. The fourth-order valence-electron chi connectivity index (χ4n) is 1.42. The maximum atomic E-state index is 9.44. The van der Waals surface area contributed by atoms with E-state index in [1.807, 2.05) is 6.92 Å². The molecule has 1 aliphatic rings. The zero-order valence-electron chi connectivity index (χ0n) is 7.34. The second kappa shape index (κ2) is 3.70. The van der Waals surface area contributed by atoms with Crippen LogP contribution in [0.1, 0.15) is 20.3 Å². The van der Waals surface area contributed by atoms with Crippen LogP contribution in [0.4, 0.5) is 0 Å². The molecule has 2 unspecified atom stereocenters. The summed E-state index contributed by atoms with van der Waals surface area (Å²) < 4.78 is 5.08. The summed E-state index contributed by atoms with van der Waals surface area (Å²) in [7, 11) is 0. The average Bonchev–Trinajstić information content (AvgIpc) is 2.08. The Kier molecular flexibility index (Phi) is 3.06. The Morgan fingerprint density at radius 3 is 2.25 bits per heavy atom. The third-order valence-corrected chi connectivity index (χ3v) is 2.44. The molecule has 4 nitrogen and oxygen atoms in total. The first-order valence-electron chi connectivity index (χ1n) is 4.27. The van der Waals surface area contributed by atoms with Gasteiger partial charge in [-0.15, -0.1) is 0 Å². The number of aliphatic hydroxyl groups excluding tert-OH is 3. The van der Waals surface area contributed by atoms with Gasteiger partial charge in [-0.2, -0.15) is 0 Å². The van der Waals surface area contributed by atoms with Crippen molar-refractivity contribution in [3.63, 3.8) is 0 Å². The molecule has 72 valence electrons. The fraction of sp³-hybridized carbons (Fsp3) is 1.00. The molecule has 1 saturated heterocycles. The van der Waals surface area contributed by atoms with Gasteiger partial charge in [0.15, 0.2) is 6.29 Å². The van der Waals surface area contributed by atoms with E-state index in [-0.39, 0.29) is 0 Å². The second-order valence-corrected chi connectivity index (χ2v) is 3.31. The van der Waals surface area contributed by atoms with Gasteiger partial charge in [0.1, 0.15) is 6.10 Å². The van der Waals surface area contributed by atoms with Crippen molar-refractivity contribution in [3.05, 3.63) is 0 Å². The van der Waals surface area contributed by atoms with Crippen LogP contribution in [0.15, 0.2) is 0 Å². The third-order valence-electron chi connectivity index (χ3n) is 2.44. The molecule has 0 amide bonds. The molecule has 0 bridgehead atoms. The van der Waals surface area contributed by atoms with Crippen LogP contribution >= 0.6 is 0 Å². The van der Waals surface area contributed by atoms with Gasteiger partial charge in [-0.25, -0.2) is 0 Å². The minimum absolute atomic E-state index is 0.428. The topological polar surface area (TPSA) is 69.9 Å². The van der Waals surface area contributed by atoms with Crippen molar-refractivity contribution in [1.82, 2.24) is 0 Å². The molecule has 4 heteroatoms. The van der Waals surface area contributed by atoms with Crippen molar-refractivity contribution >= 4 is 0 Å². The Hall–Kier alpha value is -0.160. The Balaban J connectivity index is 2.63. The Morgan fingerprint density at radius 2 is 1.75 bits per heavy atom. The lowest BCUT2D eigenvalue weighted by atomic mass is 9.91. The lowest BCUT2D eigenvalue weighted by Gasteiger charge is -2.38. The summed E-state index contributed by atoms with van der Waals surface area (Å²) >= 11 is 0. The van der Waals surface area contributed by atoms with Crippen LogP contribution in [0, 0.1) is 5.92 Å². The first-order chi connectivity index (χ1) is 5.57. The highest BCUT2D eigenvalue weighted by atomic mass is 16.6. The molecular weight excluding hydrogens is 160 g/mol. The summed E-state index contributed by atoms with van der Waals surface area (Å²) in [6, 6.07) is 0. The van der Waals surface area contributed by atoms with Crippen molar-refractivity contribution in [2.45, 2.75) is 44.9 Å². The maximum absolute atomic E-state index is 9.44. The van der Waals surface area contributed by atoms with Gasteiger partial charge in [-0.3, -0.25) is 0 Å². The molecule has 1 heterocycles. The highest BCUT2D eigenvalue weighted by Gasteiger charge is 2.40. The highest BCUT2D eigenvalue weighted by Crippen LogP contribution is 2.25. The number of hydrogen-bond donors (Lipinski definition) is 3. The van der Waals surface area contributed by atoms with E-state index in [4.69, 9.17) is 4.74 Å². The highest BCUT2D eigenvalue weighted by molar-refractivity contribution is 4.85. The predicted octanol–water partition coefficient (Wildman–Crippen LogP) is -0.528. The number of ether oxygens (including phenoxy) is 1. The van der Waals surface area contributed by atoms with Gasteiger partial charge >= 0.3 is 0 Å². The summed E-state index contributed by atoms with van der Waals surface area (Å²) in [4.78, 5) is 0. The van der Waals surface area contributed by atoms with Crippen LogP contribution in [0.25, 0.3) is 0 Å². The lowest BCUT2D eigenvalue weighted by Crippen LogP contribution is -2.53. The van der Waals surface area contributed by atoms with Crippen LogP contribution in [-0.4, -0.2) is 39.9 Å². The summed E-state index contributed by atoms with van der Waals surface area (Å²) in [5.41, 5.74) is 0. The Bertz CT molecular complexity index is 145. The zero-order valence-corrected chi connectivity index (χ0v) is 7.34. The molecule has 5 atom stereocenters. The SMILES string of the molecule is CCC1O[C@@H](O)C(C)[C@@H](O)[C@@H]1O. The summed E-state index contributed by atoms with van der Waals surface area (Å²) in [5, 5.41) is 28.1. The minimum Gasteiger partial charge on any atom is -0.390 e. The van der Waals surface area contributed by atoms with Gasteiger partial charge in [0.2, 0.25) is 0 Å². The number of hydrogen-bond acceptors (Lipinski definition) is 4. The zero-order chi connectivity index (χ0) is 9.30.